The Bertz CT molecular complexity index is 2860. The summed E-state index contributed by atoms with van der Waals surface area (Å²) in [6.07, 6.45) is 1.72. The highest BCUT2D eigenvalue weighted by Gasteiger charge is 2.42. The van der Waals surface area contributed by atoms with E-state index in [1.807, 2.05) is 42.5 Å². The molecule has 0 radical (unpaired) electrons. The number of nitrogens with one attached hydrogen (secondary N) is 2. The molecule has 2 heterocycles. The van der Waals surface area contributed by atoms with Gasteiger partial charge < -0.3 is 39.8 Å². The fraction of sp³-hybridized carbons (Fsp3) is 0.268. The van der Waals surface area contributed by atoms with Crippen LogP contribution in [-0.4, -0.2) is 70.3 Å². The van der Waals surface area contributed by atoms with E-state index in [9.17, 15) is 29.7 Å². The van der Waals surface area contributed by atoms with Gasteiger partial charge in [-0.3, -0.25) is 14.5 Å². The number of ether oxygens (including phenoxy) is 3. The Morgan fingerprint density at radius 3 is 2.28 bits per heavy atom. The van der Waals surface area contributed by atoms with E-state index in [0.29, 0.717) is 58.5 Å². The number of H-pyrrole nitrogens is 1. The summed E-state index contributed by atoms with van der Waals surface area (Å²) < 4.78 is 17.7. The fourth-order valence-corrected chi connectivity index (χ4v) is 8.78. The summed E-state index contributed by atoms with van der Waals surface area (Å²) in [5.41, 5.74) is 3.73. The number of phenols is 1. The van der Waals surface area contributed by atoms with Crippen LogP contribution in [0.1, 0.15) is 74.7 Å². The minimum atomic E-state index is -2.04. The van der Waals surface area contributed by atoms with Gasteiger partial charge in [0.15, 0.2) is 5.78 Å². The number of methoxy groups -OCH3 is 1. The third-order valence-corrected chi connectivity index (χ3v) is 12.7. The maximum atomic E-state index is 13.9. The van der Waals surface area contributed by atoms with Gasteiger partial charge >= 0.3 is 5.97 Å². The van der Waals surface area contributed by atoms with Gasteiger partial charge in [-0.05, 0) is 96.4 Å². The minimum Gasteiger partial charge on any atom is -0.506 e. The summed E-state index contributed by atoms with van der Waals surface area (Å²) in [6, 6.07) is 45.4. The van der Waals surface area contributed by atoms with Gasteiger partial charge in [0.2, 0.25) is 11.2 Å². The quantitative estimate of drug-likeness (QED) is 0.0370. The second-order valence-corrected chi connectivity index (χ2v) is 17.4. The first-order valence-corrected chi connectivity index (χ1v) is 23.0. The van der Waals surface area contributed by atoms with E-state index < -0.39 is 17.7 Å². The highest BCUT2D eigenvalue weighted by atomic mass is 16.6. The number of carbonyl (C=O) groups is 2. The Balaban J connectivity index is 0.818. The molecule has 0 saturated carbocycles. The van der Waals surface area contributed by atoms with E-state index in [1.165, 1.54) is 17.7 Å². The van der Waals surface area contributed by atoms with E-state index >= 15 is 0 Å². The summed E-state index contributed by atoms with van der Waals surface area (Å²) in [6.45, 7) is 3.76. The maximum absolute atomic E-state index is 13.9. The molecule has 0 bridgehead atoms. The van der Waals surface area contributed by atoms with Crippen LogP contribution in [0.5, 0.6) is 17.2 Å². The number of carbonyl (C=O) groups excluding carboxylic acids is 2. The van der Waals surface area contributed by atoms with Crippen molar-refractivity contribution in [1.82, 2.24) is 15.2 Å². The number of aryl methyl sites for hydroxylation is 1. The molecule has 12 heteroatoms. The first kappa shape index (κ1) is 47.4. The highest BCUT2D eigenvalue weighted by molar-refractivity contribution is 5.96. The molecule has 2 atom stereocenters. The van der Waals surface area contributed by atoms with Gasteiger partial charge in [-0.1, -0.05) is 115 Å². The number of pyridine rings is 1. The van der Waals surface area contributed by atoms with Crippen LogP contribution in [0.25, 0.3) is 10.9 Å². The highest BCUT2D eigenvalue weighted by Crippen LogP contribution is 2.34. The number of Topliss-reactive ketones (excluding diaryl/α,β-unsaturated/α-hetero) is 1. The summed E-state index contributed by atoms with van der Waals surface area (Å²) >= 11 is 0. The molecule has 8 rings (SSSR count). The molecule has 68 heavy (non-hydrogen) atoms. The van der Waals surface area contributed by atoms with Crippen molar-refractivity contribution in [3.05, 3.63) is 207 Å². The second kappa shape index (κ2) is 22.1. The maximum Gasteiger partial charge on any atom is 0.347 e. The number of likely N-dealkylation sites (tertiary alicyclic amines) is 1. The summed E-state index contributed by atoms with van der Waals surface area (Å²) in [5, 5.41) is 37.2. The van der Waals surface area contributed by atoms with E-state index in [0.717, 1.165) is 49.2 Å². The minimum absolute atomic E-state index is 0.0260. The Morgan fingerprint density at radius 2 is 1.53 bits per heavy atom. The van der Waals surface area contributed by atoms with Gasteiger partial charge in [0.05, 0.1) is 25.3 Å². The van der Waals surface area contributed by atoms with Crippen molar-refractivity contribution in [2.24, 2.45) is 5.92 Å². The SMILES string of the molecule is COc1cc(C(=O)CCc2ccc(COc3cccc([C@](O)(C(=O)OCC4CCN(Cc5ccccc5)CC4)c4ccccc4)c3)cc2)ccc1CNC[C@H](O)c1ccc(O)c2[nH]c(=O)ccc12. The molecule has 1 fully saturated rings. The van der Waals surface area contributed by atoms with Crippen molar-refractivity contribution in [3.63, 3.8) is 0 Å². The molecule has 0 aliphatic carbocycles. The van der Waals surface area contributed by atoms with Crippen LogP contribution in [0.3, 0.4) is 0 Å². The van der Waals surface area contributed by atoms with Crippen LogP contribution in [0.2, 0.25) is 0 Å². The van der Waals surface area contributed by atoms with Crippen molar-refractivity contribution in [3.8, 4) is 17.2 Å². The van der Waals surface area contributed by atoms with Crippen molar-refractivity contribution >= 4 is 22.7 Å². The lowest BCUT2D eigenvalue weighted by Gasteiger charge is -2.33. The molecule has 1 aliphatic rings. The van der Waals surface area contributed by atoms with Gasteiger partial charge in [0.25, 0.3) is 0 Å². The van der Waals surface area contributed by atoms with Crippen LogP contribution in [0, 0.1) is 5.92 Å². The number of hydrogen-bond donors (Lipinski definition) is 5. The lowest BCUT2D eigenvalue weighted by Crippen LogP contribution is -2.40. The molecule has 1 aromatic heterocycles. The normalized spacial score (nSPS) is 14.5. The zero-order chi connectivity index (χ0) is 47.5. The number of aliphatic hydroxyl groups is 2. The molecule has 1 saturated heterocycles. The number of fused-ring (bicyclic) bond motifs is 1. The molecule has 350 valence electrons. The lowest BCUT2D eigenvalue weighted by atomic mass is 9.86. The molecule has 0 amide bonds. The lowest BCUT2D eigenvalue weighted by molar-refractivity contribution is -0.164. The zero-order valence-corrected chi connectivity index (χ0v) is 38.1. The largest absolute Gasteiger partial charge is 0.506 e. The van der Waals surface area contributed by atoms with Crippen LogP contribution in [-0.2, 0) is 41.2 Å². The number of aromatic hydroxyl groups is 1. The molecular weight excluding hydrogens is 859 g/mol. The summed E-state index contributed by atoms with van der Waals surface area (Å²) in [4.78, 5) is 44.1. The van der Waals surface area contributed by atoms with Crippen LogP contribution in [0.4, 0.5) is 0 Å². The topological polar surface area (TPSA) is 171 Å². The zero-order valence-electron chi connectivity index (χ0n) is 38.1. The Kier molecular flexibility index (Phi) is 15.4. The smallest absolute Gasteiger partial charge is 0.347 e. The summed E-state index contributed by atoms with van der Waals surface area (Å²) in [5.74, 6) is 0.421. The van der Waals surface area contributed by atoms with Gasteiger partial charge in [0, 0.05) is 54.2 Å². The van der Waals surface area contributed by atoms with Crippen LogP contribution < -0.4 is 20.3 Å². The molecule has 0 unspecified atom stereocenters. The average molecular weight is 916 g/mol. The molecule has 12 nitrogen and oxygen atoms in total. The Hall–Kier alpha value is -7.09. The first-order valence-electron chi connectivity index (χ1n) is 23.0. The standard InChI is InChI=1S/C56H57N3O9/c1-66-52-31-42(20-21-43(52)33-57-34-51(62)47-22-25-50(61)54-48(47)23-26-53(63)58-54)49(60)24-19-38-15-17-40(18-16-38)36-67-46-14-8-13-45(32-46)56(65,44-11-6-3-7-12-44)55(64)68-37-41-27-29-59(30-28-41)35-39-9-4-2-5-10-39/h2-18,20-23,25-26,31-32,41,51,57,61-62,65H,19,24,27-30,33-37H2,1H3,(H,58,63)/t51-,56-/m0/s1. The average Bonchev–Trinajstić information content (AvgIpc) is 3.38. The predicted octanol–water partition coefficient (Wildman–Crippen LogP) is 8.15. The van der Waals surface area contributed by atoms with Gasteiger partial charge in [0.1, 0.15) is 23.9 Å². The number of piperidine rings is 1. The number of rotatable bonds is 20. The number of aliphatic hydroxyl groups excluding tert-OH is 1. The fourth-order valence-electron chi connectivity index (χ4n) is 8.78. The third kappa shape index (κ3) is 11.5. The van der Waals surface area contributed by atoms with Crippen LogP contribution >= 0.6 is 0 Å². The van der Waals surface area contributed by atoms with E-state index in [2.05, 4.69) is 39.5 Å². The van der Waals surface area contributed by atoms with Gasteiger partial charge in [-0.25, -0.2) is 4.79 Å². The van der Waals surface area contributed by atoms with Crippen LogP contribution in [0.15, 0.2) is 156 Å². The molecular formula is C56H57N3O9. The third-order valence-electron chi connectivity index (χ3n) is 12.7. The number of phenolic OH excluding ortho intramolecular Hbond substituents is 1. The molecule has 0 spiro atoms. The van der Waals surface area contributed by atoms with Crippen molar-refractivity contribution < 1.29 is 39.1 Å². The Labute approximate surface area is 395 Å². The number of hydrogen-bond acceptors (Lipinski definition) is 11. The molecule has 5 N–H and O–H groups in total. The number of aromatic amines is 1. The van der Waals surface area contributed by atoms with Gasteiger partial charge in [-0.2, -0.15) is 0 Å². The van der Waals surface area contributed by atoms with E-state index in [-0.39, 0.29) is 48.3 Å². The monoisotopic (exact) mass is 915 g/mol. The second-order valence-electron chi connectivity index (χ2n) is 17.4. The molecule has 7 aromatic rings. The number of nitrogens with zero attached hydrogens (tertiary/aromatic N) is 1. The van der Waals surface area contributed by atoms with Crippen molar-refractivity contribution in [2.45, 2.75) is 57.1 Å². The number of esters is 1. The van der Waals surface area contributed by atoms with Crippen molar-refractivity contribution in [2.75, 3.05) is 33.4 Å². The summed E-state index contributed by atoms with van der Waals surface area (Å²) in [7, 11) is 1.55. The number of ketones is 1. The van der Waals surface area contributed by atoms with Crippen molar-refractivity contribution in [1.29, 1.82) is 0 Å². The molecule has 1 aliphatic heterocycles. The Morgan fingerprint density at radius 1 is 0.809 bits per heavy atom. The predicted molar refractivity (Wildman–Crippen MR) is 261 cm³/mol. The van der Waals surface area contributed by atoms with E-state index in [4.69, 9.17) is 14.2 Å². The number of benzene rings is 6. The first-order chi connectivity index (χ1) is 33.1. The number of aromatic nitrogens is 1. The van der Waals surface area contributed by atoms with E-state index in [1.54, 1.807) is 79.9 Å². The van der Waals surface area contributed by atoms with Gasteiger partial charge in [-0.15, -0.1) is 0 Å². The molecule has 6 aromatic carbocycles.